The van der Waals surface area contributed by atoms with Crippen LogP contribution in [0, 0.1) is 0 Å². The average Bonchev–Trinajstić information content (AvgIpc) is 2.84. The van der Waals surface area contributed by atoms with Gasteiger partial charge in [0.1, 0.15) is 0 Å². The van der Waals surface area contributed by atoms with Crippen molar-refractivity contribution in [1.29, 1.82) is 0 Å². The molecule has 6 heteroatoms. The van der Waals surface area contributed by atoms with E-state index in [0.717, 1.165) is 20.2 Å². The average molecular weight is 298 g/mol. The molecule has 0 saturated heterocycles. The van der Waals surface area contributed by atoms with Crippen LogP contribution in [-0.4, -0.2) is 16.7 Å². The highest BCUT2D eigenvalue weighted by Crippen LogP contribution is 2.28. The molecule has 0 aliphatic rings. The minimum absolute atomic E-state index is 0.705. The molecule has 0 saturated carbocycles. The Balaban J connectivity index is 1.87. The van der Waals surface area contributed by atoms with Gasteiger partial charge >= 0.3 is 0 Å². The van der Waals surface area contributed by atoms with Crippen LogP contribution in [-0.2, 0) is 5.75 Å². The first-order chi connectivity index (χ1) is 8.78. The van der Waals surface area contributed by atoms with Gasteiger partial charge in [-0.2, -0.15) is 0 Å². The Morgan fingerprint density at radius 2 is 2.11 bits per heavy atom. The van der Waals surface area contributed by atoms with E-state index in [2.05, 4.69) is 22.1 Å². The summed E-state index contributed by atoms with van der Waals surface area (Å²) in [6.45, 7) is 4.35. The highest BCUT2D eigenvalue weighted by atomic mass is 35.5. The van der Waals surface area contributed by atoms with Crippen LogP contribution in [0.4, 0.5) is 5.13 Å². The largest absolute Gasteiger partial charge is 0.357 e. The van der Waals surface area contributed by atoms with Crippen molar-refractivity contribution in [2.24, 2.45) is 0 Å². The van der Waals surface area contributed by atoms with Crippen molar-refractivity contribution in [3.8, 4) is 0 Å². The molecule has 0 spiro atoms. The molecule has 1 aromatic heterocycles. The van der Waals surface area contributed by atoms with Crippen molar-refractivity contribution in [2.75, 3.05) is 11.9 Å². The molecule has 0 atom stereocenters. The summed E-state index contributed by atoms with van der Waals surface area (Å²) in [5.74, 6) is 0.868. The molecule has 18 heavy (non-hydrogen) atoms. The zero-order valence-corrected chi connectivity index (χ0v) is 12.0. The van der Waals surface area contributed by atoms with Crippen molar-refractivity contribution in [2.45, 2.75) is 10.1 Å². The third-order valence-electron chi connectivity index (χ3n) is 2.08. The number of anilines is 1. The molecule has 94 valence electrons. The molecule has 1 N–H and O–H groups in total. The maximum Gasteiger partial charge on any atom is 0.206 e. The Bertz CT molecular complexity index is 510. The van der Waals surface area contributed by atoms with Gasteiger partial charge in [0, 0.05) is 17.3 Å². The van der Waals surface area contributed by atoms with E-state index < -0.39 is 0 Å². The van der Waals surface area contributed by atoms with E-state index in [0.29, 0.717) is 6.54 Å². The van der Waals surface area contributed by atoms with Crippen LogP contribution in [0.25, 0.3) is 0 Å². The Labute approximate surface area is 119 Å². The lowest BCUT2D eigenvalue weighted by molar-refractivity contribution is 1.01. The maximum atomic E-state index is 5.84. The Hall–Kier alpha value is -1.04. The van der Waals surface area contributed by atoms with Crippen LogP contribution in [0.2, 0.25) is 5.02 Å². The van der Waals surface area contributed by atoms with Gasteiger partial charge in [-0.1, -0.05) is 52.9 Å². The highest BCUT2D eigenvalue weighted by molar-refractivity contribution is 8.00. The zero-order valence-electron chi connectivity index (χ0n) is 9.60. The van der Waals surface area contributed by atoms with E-state index in [4.69, 9.17) is 11.6 Å². The number of thioether (sulfide) groups is 1. The number of rotatable bonds is 6. The smallest absolute Gasteiger partial charge is 0.206 e. The lowest BCUT2D eigenvalue weighted by atomic mass is 10.2. The van der Waals surface area contributed by atoms with Gasteiger partial charge in [0.05, 0.1) is 0 Å². The van der Waals surface area contributed by atoms with Crippen LogP contribution < -0.4 is 5.32 Å². The van der Waals surface area contributed by atoms with Crippen molar-refractivity contribution in [3.63, 3.8) is 0 Å². The SMILES string of the molecule is C=CCNc1nnc(SCc2ccc(Cl)cc2)s1. The van der Waals surface area contributed by atoms with Gasteiger partial charge in [0.15, 0.2) is 4.34 Å². The fraction of sp³-hybridized carbons (Fsp3) is 0.167. The molecule has 0 unspecified atom stereocenters. The minimum atomic E-state index is 0.705. The van der Waals surface area contributed by atoms with E-state index >= 15 is 0 Å². The van der Waals surface area contributed by atoms with Gasteiger partial charge in [0.2, 0.25) is 5.13 Å². The molecule has 0 aliphatic carbocycles. The molecule has 0 bridgehead atoms. The topological polar surface area (TPSA) is 37.8 Å². The predicted octanol–water partition coefficient (Wildman–Crippen LogP) is 4.08. The third-order valence-corrected chi connectivity index (χ3v) is 4.42. The summed E-state index contributed by atoms with van der Waals surface area (Å²) >= 11 is 9.06. The summed E-state index contributed by atoms with van der Waals surface area (Å²) in [5.41, 5.74) is 1.22. The second kappa shape index (κ2) is 6.78. The van der Waals surface area contributed by atoms with Gasteiger partial charge in [0.25, 0.3) is 0 Å². The third kappa shape index (κ3) is 4.01. The van der Waals surface area contributed by atoms with E-state index in [-0.39, 0.29) is 0 Å². The lowest BCUT2D eigenvalue weighted by Crippen LogP contribution is -1.96. The quantitative estimate of drug-likeness (QED) is 0.644. The summed E-state index contributed by atoms with van der Waals surface area (Å²) in [7, 11) is 0. The molecular weight excluding hydrogens is 286 g/mol. The Kier molecular flexibility index (Phi) is 5.04. The van der Waals surface area contributed by atoms with E-state index in [1.54, 1.807) is 29.2 Å². The second-order valence-electron chi connectivity index (χ2n) is 3.46. The molecule has 2 rings (SSSR count). The number of nitrogens with one attached hydrogen (secondary N) is 1. The van der Waals surface area contributed by atoms with Gasteiger partial charge in [-0.25, -0.2) is 0 Å². The molecule has 1 heterocycles. The first kappa shape index (κ1) is 13.4. The molecule has 0 fully saturated rings. The number of hydrogen-bond donors (Lipinski definition) is 1. The number of aromatic nitrogens is 2. The van der Waals surface area contributed by atoms with Crippen molar-refractivity contribution >= 4 is 39.8 Å². The summed E-state index contributed by atoms with van der Waals surface area (Å²) in [4.78, 5) is 0. The summed E-state index contributed by atoms with van der Waals surface area (Å²) in [6, 6.07) is 7.84. The van der Waals surface area contributed by atoms with Crippen LogP contribution in [0.1, 0.15) is 5.56 Å². The maximum absolute atomic E-state index is 5.84. The van der Waals surface area contributed by atoms with Crippen molar-refractivity contribution < 1.29 is 0 Å². The number of benzene rings is 1. The summed E-state index contributed by atoms with van der Waals surface area (Å²) in [5, 5.41) is 12.9. The van der Waals surface area contributed by atoms with E-state index in [1.165, 1.54) is 5.56 Å². The van der Waals surface area contributed by atoms with Crippen LogP contribution in [0.5, 0.6) is 0 Å². The Morgan fingerprint density at radius 1 is 1.33 bits per heavy atom. The van der Waals surface area contributed by atoms with Crippen LogP contribution in [0.3, 0.4) is 0 Å². The summed E-state index contributed by atoms with van der Waals surface area (Å²) in [6.07, 6.45) is 1.79. The molecule has 3 nitrogen and oxygen atoms in total. The van der Waals surface area contributed by atoms with E-state index in [9.17, 15) is 0 Å². The first-order valence-electron chi connectivity index (χ1n) is 5.33. The minimum Gasteiger partial charge on any atom is -0.357 e. The van der Waals surface area contributed by atoms with Gasteiger partial charge in [-0.15, -0.1) is 16.8 Å². The standard InChI is InChI=1S/C12H12ClN3S2/c1-2-7-14-11-15-16-12(18-11)17-8-9-3-5-10(13)6-4-9/h2-6H,1,7-8H2,(H,14,15). The number of halogens is 1. The van der Waals surface area contributed by atoms with Crippen molar-refractivity contribution in [1.82, 2.24) is 10.2 Å². The van der Waals surface area contributed by atoms with Gasteiger partial charge in [-0.05, 0) is 17.7 Å². The molecular formula is C12H12ClN3S2. The van der Waals surface area contributed by atoms with Crippen molar-refractivity contribution in [3.05, 3.63) is 47.5 Å². The molecule has 0 radical (unpaired) electrons. The van der Waals surface area contributed by atoms with E-state index in [1.807, 2.05) is 24.3 Å². The molecule has 2 aromatic rings. The molecule has 0 amide bonds. The van der Waals surface area contributed by atoms with Crippen LogP contribution in [0.15, 0.2) is 41.3 Å². The van der Waals surface area contributed by atoms with Gasteiger partial charge < -0.3 is 5.32 Å². The summed E-state index contributed by atoms with van der Waals surface area (Å²) < 4.78 is 0.955. The fourth-order valence-corrected chi connectivity index (χ4v) is 3.07. The Morgan fingerprint density at radius 3 is 2.83 bits per heavy atom. The lowest BCUT2D eigenvalue weighted by Gasteiger charge is -1.98. The first-order valence-corrected chi connectivity index (χ1v) is 7.51. The van der Waals surface area contributed by atoms with Gasteiger partial charge in [-0.3, -0.25) is 0 Å². The zero-order chi connectivity index (χ0) is 12.8. The fourth-order valence-electron chi connectivity index (χ4n) is 1.22. The monoisotopic (exact) mass is 297 g/mol. The predicted molar refractivity (Wildman–Crippen MR) is 79.6 cm³/mol. The molecule has 0 aliphatic heterocycles. The number of hydrogen-bond acceptors (Lipinski definition) is 5. The number of nitrogens with zero attached hydrogens (tertiary/aromatic N) is 2. The van der Waals surface area contributed by atoms with Crippen LogP contribution >= 0.6 is 34.7 Å². The normalized spacial score (nSPS) is 10.3. The highest BCUT2D eigenvalue weighted by Gasteiger charge is 2.04. The second-order valence-corrected chi connectivity index (χ2v) is 6.09. The molecule has 1 aromatic carbocycles.